The highest BCUT2D eigenvalue weighted by molar-refractivity contribution is 7.89. The number of piperidine rings is 1. The van der Waals surface area contributed by atoms with Crippen molar-refractivity contribution < 1.29 is 27.2 Å². The number of ether oxygens (including phenoxy) is 2. The van der Waals surface area contributed by atoms with Gasteiger partial charge in [0.15, 0.2) is 11.5 Å². The largest absolute Gasteiger partial charge is 0.454 e. The molecular formula is C21H22N4O6S2. The number of thiophene rings is 1. The van der Waals surface area contributed by atoms with Crippen molar-refractivity contribution in [3.8, 4) is 22.2 Å². The standard InChI is InChI=1S/C21H22N4O6S2/c1-12-19(9-18(32-12)20-22-13(2)31-24-20)33(27,28)25-7-3-4-14(10-25)21(26)23-15-5-6-16-17(8-15)30-11-29-16/h5-6,8-9,14H,3-4,7,10-11H2,1-2H3,(H,23,26)/t14-/m0/s1. The van der Waals surface area contributed by atoms with Gasteiger partial charge >= 0.3 is 0 Å². The summed E-state index contributed by atoms with van der Waals surface area (Å²) in [5, 5.41) is 6.75. The molecular weight excluding hydrogens is 468 g/mol. The van der Waals surface area contributed by atoms with Gasteiger partial charge in [0.2, 0.25) is 34.4 Å². The van der Waals surface area contributed by atoms with Gasteiger partial charge < -0.3 is 19.3 Å². The number of rotatable bonds is 5. The van der Waals surface area contributed by atoms with Crippen LogP contribution in [-0.4, -0.2) is 48.7 Å². The molecule has 0 unspecified atom stereocenters. The van der Waals surface area contributed by atoms with E-state index in [0.29, 0.717) is 58.0 Å². The second-order valence-electron chi connectivity index (χ2n) is 7.93. The minimum atomic E-state index is -3.78. The van der Waals surface area contributed by atoms with E-state index in [-0.39, 0.29) is 24.1 Å². The summed E-state index contributed by atoms with van der Waals surface area (Å²) in [4.78, 5) is 18.6. The van der Waals surface area contributed by atoms with Crippen molar-refractivity contribution in [2.45, 2.75) is 31.6 Å². The Morgan fingerprint density at radius 2 is 2.03 bits per heavy atom. The molecule has 1 amide bonds. The normalized spacial score (nSPS) is 18.4. The first-order chi connectivity index (χ1) is 15.8. The minimum Gasteiger partial charge on any atom is -0.454 e. The Morgan fingerprint density at radius 1 is 1.21 bits per heavy atom. The van der Waals surface area contributed by atoms with Crippen LogP contribution in [0, 0.1) is 19.8 Å². The van der Waals surface area contributed by atoms with Crippen LogP contribution in [0.1, 0.15) is 23.6 Å². The molecule has 0 bridgehead atoms. The Balaban J connectivity index is 1.32. The lowest BCUT2D eigenvalue weighted by Crippen LogP contribution is -2.43. The maximum atomic E-state index is 13.4. The number of aryl methyl sites for hydroxylation is 2. The monoisotopic (exact) mass is 490 g/mol. The Morgan fingerprint density at radius 3 is 2.82 bits per heavy atom. The van der Waals surface area contributed by atoms with Crippen LogP contribution < -0.4 is 14.8 Å². The molecule has 0 spiro atoms. The molecule has 5 rings (SSSR count). The van der Waals surface area contributed by atoms with Crippen LogP contribution >= 0.6 is 11.3 Å². The van der Waals surface area contributed by atoms with Crippen molar-refractivity contribution in [2.75, 3.05) is 25.2 Å². The second kappa shape index (κ2) is 8.43. The van der Waals surface area contributed by atoms with Crippen LogP contribution in [-0.2, 0) is 14.8 Å². The van der Waals surface area contributed by atoms with E-state index < -0.39 is 15.9 Å². The summed E-state index contributed by atoms with van der Waals surface area (Å²) in [5.41, 5.74) is 0.581. The molecule has 1 atom stereocenters. The van der Waals surface area contributed by atoms with Gasteiger partial charge in [0.05, 0.1) is 15.7 Å². The van der Waals surface area contributed by atoms with Gasteiger partial charge in [-0.25, -0.2) is 8.42 Å². The second-order valence-corrected chi connectivity index (χ2v) is 11.1. The highest BCUT2D eigenvalue weighted by atomic mass is 32.2. The summed E-state index contributed by atoms with van der Waals surface area (Å²) in [7, 11) is -3.78. The Hall–Kier alpha value is -2.96. The summed E-state index contributed by atoms with van der Waals surface area (Å²) in [5.74, 6) is 1.29. The van der Waals surface area contributed by atoms with Gasteiger partial charge in [-0.2, -0.15) is 9.29 Å². The lowest BCUT2D eigenvalue weighted by atomic mass is 9.98. The van der Waals surface area contributed by atoms with Crippen LogP contribution in [0.2, 0.25) is 0 Å². The van der Waals surface area contributed by atoms with Gasteiger partial charge in [-0.3, -0.25) is 4.79 Å². The van der Waals surface area contributed by atoms with Crippen molar-refractivity contribution >= 4 is 33.0 Å². The molecule has 4 heterocycles. The average Bonchev–Trinajstić information content (AvgIpc) is 3.53. The van der Waals surface area contributed by atoms with Crippen molar-refractivity contribution in [1.29, 1.82) is 0 Å². The van der Waals surface area contributed by atoms with E-state index in [2.05, 4.69) is 15.5 Å². The van der Waals surface area contributed by atoms with Gasteiger partial charge in [0, 0.05) is 36.6 Å². The number of anilines is 1. The van der Waals surface area contributed by atoms with Crippen LogP contribution in [0.25, 0.3) is 10.7 Å². The summed E-state index contributed by atoms with van der Waals surface area (Å²) >= 11 is 1.30. The molecule has 1 N–H and O–H groups in total. The first-order valence-corrected chi connectivity index (χ1v) is 12.7. The van der Waals surface area contributed by atoms with Crippen molar-refractivity contribution in [1.82, 2.24) is 14.4 Å². The molecule has 2 aliphatic rings. The first kappa shape index (κ1) is 21.9. The predicted octanol–water partition coefficient (Wildman–Crippen LogP) is 3.18. The summed E-state index contributed by atoms with van der Waals surface area (Å²) in [6.45, 7) is 4.06. The number of carbonyl (C=O) groups is 1. The third-order valence-electron chi connectivity index (χ3n) is 5.63. The van der Waals surface area contributed by atoms with Gasteiger partial charge in [0.1, 0.15) is 0 Å². The van der Waals surface area contributed by atoms with Crippen molar-refractivity contribution in [2.24, 2.45) is 5.92 Å². The van der Waals surface area contributed by atoms with Gasteiger partial charge in [-0.1, -0.05) is 5.16 Å². The van der Waals surface area contributed by atoms with Gasteiger partial charge in [-0.15, -0.1) is 11.3 Å². The van der Waals surface area contributed by atoms with Gasteiger partial charge in [-0.05, 0) is 38.0 Å². The molecule has 1 fully saturated rings. The smallest absolute Gasteiger partial charge is 0.244 e. The predicted molar refractivity (Wildman–Crippen MR) is 120 cm³/mol. The van der Waals surface area contributed by atoms with Crippen LogP contribution in [0.15, 0.2) is 33.7 Å². The Bertz CT molecular complexity index is 1320. The molecule has 33 heavy (non-hydrogen) atoms. The van der Waals surface area contributed by atoms with Gasteiger partial charge in [0.25, 0.3) is 0 Å². The number of aromatic nitrogens is 2. The quantitative estimate of drug-likeness (QED) is 0.578. The molecule has 174 valence electrons. The maximum Gasteiger partial charge on any atom is 0.244 e. The molecule has 10 nitrogen and oxygen atoms in total. The lowest BCUT2D eigenvalue weighted by molar-refractivity contribution is -0.120. The van der Waals surface area contributed by atoms with E-state index >= 15 is 0 Å². The van der Waals surface area contributed by atoms with E-state index in [0.717, 1.165) is 0 Å². The SMILES string of the molecule is Cc1nc(-c2cc(S(=O)(=O)N3CCC[C@H](C(=O)Nc4ccc5c(c4)OCO5)C3)c(C)s2)no1. The fourth-order valence-corrected chi connectivity index (χ4v) is 6.97. The maximum absolute atomic E-state index is 13.4. The molecule has 0 saturated carbocycles. The summed E-state index contributed by atoms with van der Waals surface area (Å²) in [6.07, 6.45) is 1.21. The van der Waals surface area contributed by atoms with E-state index in [1.807, 2.05) is 0 Å². The zero-order valence-electron chi connectivity index (χ0n) is 18.0. The number of sulfonamides is 1. The molecule has 0 radical (unpaired) electrons. The molecule has 3 aromatic rings. The van der Waals surface area contributed by atoms with Crippen molar-refractivity contribution in [3.05, 3.63) is 35.0 Å². The minimum absolute atomic E-state index is 0.116. The van der Waals surface area contributed by atoms with E-state index in [1.54, 1.807) is 38.1 Å². The Labute approximate surface area is 194 Å². The van der Waals surface area contributed by atoms with E-state index in [9.17, 15) is 13.2 Å². The Kier molecular flexibility index (Phi) is 5.59. The molecule has 0 aliphatic carbocycles. The fourth-order valence-electron chi connectivity index (χ4n) is 3.96. The molecule has 12 heteroatoms. The highest BCUT2D eigenvalue weighted by Crippen LogP contribution is 2.36. The lowest BCUT2D eigenvalue weighted by Gasteiger charge is -2.31. The number of hydrogen-bond donors (Lipinski definition) is 1. The third kappa shape index (κ3) is 4.21. The number of amides is 1. The number of benzene rings is 1. The number of nitrogens with one attached hydrogen (secondary N) is 1. The average molecular weight is 491 g/mol. The number of hydrogen-bond acceptors (Lipinski definition) is 9. The summed E-state index contributed by atoms with van der Waals surface area (Å²) < 4.78 is 43.9. The van der Waals surface area contributed by atoms with Crippen LogP contribution in [0.4, 0.5) is 5.69 Å². The fraction of sp³-hybridized carbons (Fsp3) is 0.381. The van der Waals surface area contributed by atoms with Crippen molar-refractivity contribution in [3.63, 3.8) is 0 Å². The van der Waals surface area contributed by atoms with E-state index in [1.165, 1.54) is 15.6 Å². The number of fused-ring (bicyclic) bond motifs is 1. The molecule has 1 aromatic carbocycles. The topological polar surface area (TPSA) is 124 Å². The summed E-state index contributed by atoms with van der Waals surface area (Å²) in [6, 6.07) is 6.75. The number of nitrogens with zero attached hydrogens (tertiary/aromatic N) is 3. The first-order valence-electron chi connectivity index (χ1n) is 10.4. The number of carbonyl (C=O) groups excluding carboxylic acids is 1. The third-order valence-corrected chi connectivity index (χ3v) is 8.80. The molecule has 1 saturated heterocycles. The highest BCUT2D eigenvalue weighted by Gasteiger charge is 2.35. The molecule has 2 aromatic heterocycles. The zero-order valence-corrected chi connectivity index (χ0v) is 19.7. The van der Waals surface area contributed by atoms with E-state index in [4.69, 9.17) is 14.0 Å². The van der Waals surface area contributed by atoms with Crippen LogP contribution in [0.5, 0.6) is 11.5 Å². The van der Waals surface area contributed by atoms with Crippen LogP contribution in [0.3, 0.4) is 0 Å². The zero-order chi connectivity index (χ0) is 23.2. The molecule has 2 aliphatic heterocycles.